The smallest absolute Gasteiger partial charge is 0.339 e. The summed E-state index contributed by atoms with van der Waals surface area (Å²) in [5.74, 6) is -0.762. The molecule has 1 amide bonds. The van der Waals surface area contributed by atoms with Gasteiger partial charge in [-0.2, -0.15) is 0 Å². The molecule has 6 nitrogen and oxygen atoms in total. The highest BCUT2D eigenvalue weighted by Crippen LogP contribution is 2.23. The van der Waals surface area contributed by atoms with Gasteiger partial charge < -0.3 is 19.7 Å². The zero-order valence-corrected chi connectivity index (χ0v) is 14.3. The number of nitrogens with zero attached hydrogens (tertiary/aromatic N) is 1. The number of carbonyl (C=O) groups excluding carboxylic acids is 2. The first-order valence-electron chi connectivity index (χ1n) is 8.73. The van der Waals surface area contributed by atoms with Gasteiger partial charge in [-0.05, 0) is 35.9 Å². The molecule has 2 aliphatic heterocycles. The molecule has 0 unspecified atom stereocenters. The fraction of sp³-hybridized carbons (Fsp3) is 0.300. The minimum atomic E-state index is -0.809. The summed E-state index contributed by atoms with van der Waals surface area (Å²) in [6.07, 6.45) is -0.420. The van der Waals surface area contributed by atoms with Gasteiger partial charge in [0.1, 0.15) is 0 Å². The van der Waals surface area contributed by atoms with Gasteiger partial charge in [-0.3, -0.25) is 4.79 Å². The van der Waals surface area contributed by atoms with Crippen molar-refractivity contribution in [3.63, 3.8) is 0 Å². The Balaban J connectivity index is 1.41. The van der Waals surface area contributed by atoms with Gasteiger partial charge in [0.15, 0.2) is 6.10 Å². The number of hydrogen-bond acceptors (Lipinski definition) is 5. The highest BCUT2D eigenvalue weighted by atomic mass is 16.5. The fourth-order valence-corrected chi connectivity index (χ4v) is 3.28. The second-order valence-corrected chi connectivity index (χ2v) is 6.39. The minimum absolute atomic E-state index is 0.313. The number of ether oxygens (including phenoxy) is 2. The number of fused-ring (bicyclic) bond motifs is 1. The van der Waals surface area contributed by atoms with Crippen LogP contribution >= 0.6 is 0 Å². The summed E-state index contributed by atoms with van der Waals surface area (Å²) in [6, 6.07) is 14.9. The number of hydrogen-bond donors (Lipinski definition) is 1. The van der Waals surface area contributed by atoms with Crippen LogP contribution in [0.5, 0.6) is 0 Å². The van der Waals surface area contributed by atoms with Crippen molar-refractivity contribution in [3.8, 4) is 0 Å². The summed E-state index contributed by atoms with van der Waals surface area (Å²) >= 11 is 0. The number of carbonyl (C=O) groups is 2. The maximum Gasteiger partial charge on any atom is 0.339 e. The number of rotatable bonds is 3. The van der Waals surface area contributed by atoms with E-state index in [0.29, 0.717) is 17.7 Å². The Kier molecular flexibility index (Phi) is 4.58. The maximum atomic E-state index is 12.5. The van der Waals surface area contributed by atoms with E-state index in [-0.39, 0.29) is 5.91 Å². The maximum absolute atomic E-state index is 12.5. The van der Waals surface area contributed by atoms with Crippen molar-refractivity contribution in [2.24, 2.45) is 0 Å². The van der Waals surface area contributed by atoms with Crippen molar-refractivity contribution in [1.82, 2.24) is 0 Å². The molecule has 1 fully saturated rings. The van der Waals surface area contributed by atoms with Crippen LogP contribution in [0.2, 0.25) is 0 Å². The van der Waals surface area contributed by atoms with Crippen molar-refractivity contribution in [2.45, 2.75) is 12.5 Å². The molecule has 0 radical (unpaired) electrons. The third kappa shape index (κ3) is 3.41. The van der Waals surface area contributed by atoms with Crippen LogP contribution in [-0.2, 0) is 20.7 Å². The highest BCUT2D eigenvalue weighted by molar-refractivity contribution is 6.00. The average Bonchev–Trinajstić information content (AvgIpc) is 2.69. The van der Waals surface area contributed by atoms with Crippen LogP contribution in [0.25, 0.3) is 0 Å². The second kappa shape index (κ2) is 7.17. The molecule has 2 aromatic carbocycles. The monoisotopic (exact) mass is 352 g/mol. The quantitative estimate of drug-likeness (QED) is 0.858. The van der Waals surface area contributed by atoms with Crippen LogP contribution in [0, 0.1) is 0 Å². The molecule has 0 spiro atoms. The zero-order chi connectivity index (χ0) is 17.9. The lowest BCUT2D eigenvalue weighted by molar-refractivity contribution is -0.125. The molecule has 4 rings (SSSR count). The predicted molar refractivity (Wildman–Crippen MR) is 97.5 cm³/mol. The first kappa shape index (κ1) is 16.6. The van der Waals surface area contributed by atoms with Gasteiger partial charge in [0.05, 0.1) is 18.8 Å². The standard InChI is InChI=1S/C20H20N2O4/c23-19(18-13-14-3-1-2-4-17(14)20(24)26-18)21-15-5-7-16(8-6-15)22-9-11-25-12-10-22/h1-8,18H,9-13H2,(H,21,23)/t18-/m1/s1. The number of cyclic esters (lactones) is 1. The van der Waals surface area contributed by atoms with Gasteiger partial charge in [0.2, 0.25) is 0 Å². The van der Waals surface area contributed by atoms with E-state index in [1.165, 1.54) is 0 Å². The van der Waals surface area contributed by atoms with Gasteiger partial charge in [0, 0.05) is 30.9 Å². The molecule has 1 atom stereocenters. The van der Waals surface area contributed by atoms with Crippen LogP contribution < -0.4 is 10.2 Å². The molecule has 1 N–H and O–H groups in total. The first-order valence-corrected chi connectivity index (χ1v) is 8.73. The Hall–Kier alpha value is -2.86. The van der Waals surface area contributed by atoms with Crippen molar-refractivity contribution < 1.29 is 19.1 Å². The largest absolute Gasteiger partial charge is 0.448 e. The average molecular weight is 352 g/mol. The third-order valence-electron chi connectivity index (χ3n) is 4.70. The van der Waals surface area contributed by atoms with Crippen molar-refractivity contribution in [3.05, 3.63) is 59.7 Å². The van der Waals surface area contributed by atoms with Crippen molar-refractivity contribution in [1.29, 1.82) is 0 Å². The number of benzene rings is 2. The minimum Gasteiger partial charge on any atom is -0.448 e. The van der Waals surface area contributed by atoms with E-state index in [2.05, 4.69) is 10.2 Å². The van der Waals surface area contributed by atoms with E-state index in [4.69, 9.17) is 9.47 Å². The molecule has 0 aromatic heterocycles. The molecule has 6 heteroatoms. The van der Waals surface area contributed by atoms with Gasteiger partial charge in [-0.15, -0.1) is 0 Å². The molecule has 0 saturated carbocycles. The van der Waals surface area contributed by atoms with Gasteiger partial charge in [0.25, 0.3) is 5.91 Å². The lowest BCUT2D eigenvalue weighted by atomic mass is 9.98. The van der Waals surface area contributed by atoms with E-state index in [0.717, 1.165) is 37.6 Å². The molecule has 134 valence electrons. The van der Waals surface area contributed by atoms with Crippen LogP contribution in [0.1, 0.15) is 15.9 Å². The van der Waals surface area contributed by atoms with Gasteiger partial charge in [-0.1, -0.05) is 18.2 Å². The zero-order valence-electron chi connectivity index (χ0n) is 14.3. The Bertz CT molecular complexity index is 813. The molecular formula is C20H20N2O4. The fourth-order valence-electron chi connectivity index (χ4n) is 3.28. The molecule has 0 aliphatic carbocycles. The molecule has 2 aliphatic rings. The lowest BCUT2D eigenvalue weighted by Crippen LogP contribution is -2.38. The third-order valence-corrected chi connectivity index (χ3v) is 4.70. The molecular weight excluding hydrogens is 332 g/mol. The van der Waals surface area contributed by atoms with E-state index in [1.54, 1.807) is 12.1 Å². The summed E-state index contributed by atoms with van der Waals surface area (Å²) in [4.78, 5) is 26.8. The van der Waals surface area contributed by atoms with Crippen LogP contribution in [-0.4, -0.2) is 44.3 Å². The second-order valence-electron chi connectivity index (χ2n) is 6.39. The normalized spacial score (nSPS) is 19.5. The van der Waals surface area contributed by atoms with Crippen LogP contribution in [0.4, 0.5) is 11.4 Å². The summed E-state index contributed by atoms with van der Waals surface area (Å²) in [7, 11) is 0. The number of morpholine rings is 1. The molecule has 1 saturated heterocycles. The lowest BCUT2D eigenvalue weighted by Gasteiger charge is -2.29. The number of anilines is 2. The number of amides is 1. The predicted octanol–water partition coefficient (Wildman–Crippen LogP) is 2.24. The topological polar surface area (TPSA) is 67.9 Å². The Labute approximate surface area is 151 Å². The Morgan fingerprint density at radius 3 is 2.54 bits per heavy atom. The van der Waals surface area contributed by atoms with Crippen LogP contribution in [0.3, 0.4) is 0 Å². The highest BCUT2D eigenvalue weighted by Gasteiger charge is 2.31. The number of nitrogens with one attached hydrogen (secondary N) is 1. The Morgan fingerprint density at radius 2 is 1.77 bits per heavy atom. The summed E-state index contributed by atoms with van der Waals surface area (Å²) in [6.45, 7) is 3.19. The van der Waals surface area contributed by atoms with E-state index < -0.39 is 12.1 Å². The molecule has 26 heavy (non-hydrogen) atoms. The summed E-state index contributed by atoms with van der Waals surface area (Å²) in [5.41, 5.74) is 3.16. The first-order chi connectivity index (χ1) is 12.7. The summed E-state index contributed by atoms with van der Waals surface area (Å²) < 4.78 is 10.7. The molecule has 2 aromatic rings. The van der Waals surface area contributed by atoms with E-state index >= 15 is 0 Å². The molecule has 0 bridgehead atoms. The molecule has 2 heterocycles. The summed E-state index contributed by atoms with van der Waals surface area (Å²) in [5, 5.41) is 2.83. The van der Waals surface area contributed by atoms with Crippen molar-refractivity contribution >= 4 is 23.3 Å². The van der Waals surface area contributed by atoms with E-state index in [9.17, 15) is 9.59 Å². The van der Waals surface area contributed by atoms with E-state index in [1.807, 2.05) is 36.4 Å². The SMILES string of the molecule is O=C1O[C@@H](C(=O)Nc2ccc(N3CCOCC3)cc2)Cc2ccccc21. The number of esters is 1. The van der Waals surface area contributed by atoms with Crippen molar-refractivity contribution in [2.75, 3.05) is 36.5 Å². The van der Waals surface area contributed by atoms with Crippen LogP contribution in [0.15, 0.2) is 48.5 Å². The Morgan fingerprint density at radius 1 is 1.04 bits per heavy atom. The van der Waals surface area contributed by atoms with Gasteiger partial charge in [-0.25, -0.2) is 4.79 Å². The van der Waals surface area contributed by atoms with Gasteiger partial charge >= 0.3 is 5.97 Å².